The van der Waals surface area contributed by atoms with Gasteiger partial charge in [-0.15, -0.1) is 6.58 Å². The number of benzene rings is 1. The van der Waals surface area contributed by atoms with Crippen molar-refractivity contribution >= 4 is 17.2 Å². The summed E-state index contributed by atoms with van der Waals surface area (Å²) in [6.07, 6.45) is 13.8. The summed E-state index contributed by atoms with van der Waals surface area (Å²) < 4.78 is 14.7. The molecule has 1 aromatic rings. The lowest BCUT2D eigenvalue weighted by Crippen LogP contribution is -2.06. The SMILES string of the molecule is C=CCCC1CC=C(c2ccc(CCCCC)c(Cl)c2F)CC1. The van der Waals surface area contributed by atoms with Gasteiger partial charge in [-0.25, -0.2) is 4.39 Å². The normalized spacial score (nSPS) is 17.9. The first-order valence-electron chi connectivity index (χ1n) is 8.94. The zero-order valence-corrected chi connectivity index (χ0v) is 15.0. The Morgan fingerprint density at radius 1 is 1.35 bits per heavy atom. The van der Waals surface area contributed by atoms with Crippen molar-refractivity contribution in [2.45, 2.75) is 64.7 Å². The van der Waals surface area contributed by atoms with Gasteiger partial charge in [0.2, 0.25) is 0 Å². The van der Waals surface area contributed by atoms with Crippen LogP contribution < -0.4 is 0 Å². The molecule has 0 bridgehead atoms. The first kappa shape index (κ1) is 18.3. The summed E-state index contributed by atoms with van der Waals surface area (Å²) in [6.45, 7) is 5.95. The van der Waals surface area contributed by atoms with Gasteiger partial charge in [0.15, 0.2) is 0 Å². The maximum Gasteiger partial charge on any atom is 0.149 e. The highest BCUT2D eigenvalue weighted by Gasteiger charge is 2.19. The Morgan fingerprint density at radius 3 is 2.83 bits per heavy atom. The van der Waals surface area contributed by atoms with Gasteiger partial charge in [-0.05, 0) is 62.0 Å². The van der Waals surface area contributed by atoms with Gasteiger partial charge in [-0.3, -0.25) is 0 Å². The van der Waals surface area contributed by atoms with E-state index in [9.17, 15) is 4.39 Å². The Morgan fingerprint density at radius 2 is 2.17 bits per heavy atom. The average molecular weight is 335 g/mol. The minimum absolute atomic E-state index is 0.226. The topological polar surface area (TPSA) is 0 Å². The molecule has 0 amide bonds. The summed E-state index contributed by atoms with van der Waals surface area (Å²) >= 11 is 6.28. The lowest BCUT2D eigenvalue weighted by molar-refractivity contribution is 0.453. The van der Waals surface area contributed by atoms with Crippen molar-refractivity contribution in [3.63, 3.8) is 0 Å². The van der Waals surface area contributed by atoms with Gasteiger partial charge < -0.3 is 0 Å². The second-order valence-corrected chi connectivity index (χ2v) is 6.97. The fraction of sp³-hybridized carbons (Fsp3) is 0.524. The Kier molecular flexibility index (Phi) is 7.36. The number of hydrogen-bond acceptors (Lipinski definition) is 0. The van der Waals surface area contributed by atoms with Crippen LogP contribution in [0.3, 0.4) is 0 Å². The second kappa shape index (κ2) is 9.27. The Labute approximate surface area is 145 Å². The molecular weight excluding hydrogens is 307 g/mol. The summed E-state index contributed by atoms with van der Waals surface area (Å²) in [5.74, 6) is 0.486. The second-order valence-electron chi connectivity index (χ2n) is 6.59. The molecule has 0 heterocycles. The molecule has 0 radical (unpaired) electrons. The van der Waals surface area contributed by atoms with Crippen molar-refractivity contribution in [3.8, 4) is 0 Å². The van der Waals surface area contributed by atoms with E-state index in [4.69, 9.17) is 11.6 Å². The Bertz CT molecular complexity index is 559. The van der Waals surface area contributed by atoms with Crippen LogP contribution in [-0.2, 0) is 6.42 Å². The van der Waals surface area contributed by atoms with Crippen LogP contribution in [0.4, 0.5) is 4.39 Å². The van der Waals surface area contributed by atoms with Crippen LogP contribution in [0.2, 0.25) is 5.02 Å². The highest BCUT2D eigenvalue weighted by molar-refractivity contribution is 6.31. The first-order valence-corrected chi connectivity index (χ1v) is 9.32. The molecule has 126 valence electrons. The molecule has 0 saturated heterocycles. The van der Waals surface area contributed by atoms with Crippen LogP contribution in [0.25, 0.3) is 5.57 Å². The molecule has 0 aliphatic heterocycles. The molecular formula is C21H28ClF. The Balaban J connectivity index is 2.07. The van der Waals surface area contributed by atoms with Crippen LogP contribution in [0, 0.1) is 11.7 Å². The van der Waals surface area contributed by atoms with Gasteiger partial charge >= 0.3 is 0 Å². The summed E-state index contributed by atoms with van der Waals surface area (Å²) in [4.78, 5) is 0. The number of rotatable bonds is 8. The van der Waals surface area contributed by atoms with Gasteiger partial charge in [0, 0.05) is 5.56 Å². The van der Waals surface area contributed by atoms with E-state index < -0.39 is 0 Å². The van der Waals surface area contributed by atoms with Crippen molar-refractivity contribution in [1.29, 1.82) is 0 Å². The van der Waals surface area contributed by atoms with Crippen molar-refractivity contribution in [1.82, 2.24) is 0 Å². The minimum atomic E-state index is -0.226. The summed E-state index contributed by atoms with van der Waals surface area (Å²) in [7, 11) is 0. The largest absolute Gasteiger partial charge is 0.205 e. The zero-order valence-electron chi connectivity index (χ0n) is 14.2. The maximum absolute atomic E-state index is 14.7. The maximum atomic E-state index is 14.7. The molecule has 1 unspecified atom stereocenters. The van der Waals surface area contributed by atoms with Crippen LogP contribution in [0.1, 0.15) is 69.4 Å². The lowest BCUT2D eigenvalue weighted by Gasteiger charge is -2.22. The first-order chi connectivity index (χ1) is 11.2. The standard InChI is InChI=1S/C21H28ClF/c1-3-5-7-9-18-14-15-19(21(23)20(18)22)17-12-10-16(11-13-17)8-6-4-2/h4,12,14-16H,2-3,5-11,13H2,1H3. The molecule has 0 saturated carbocycles. The molecule has 0 aromatic heterocycles. The molecule has 0 fully saturated rings. The van der Waals surface area contributed by atoms with Crippen molar-refractivity contribution < 1.29 is 4.39 Å². The molecule has 0 nitrogen and oxygen atoms in total. The van der Waals surface area contributed by atoms with Gasteiger partial charge in [0.1, 0.15) is 5.82 Å². The smallest absolute Gasteiger partial charge is 0.149 e. The molecule has 2 heteroatoms. The van der Waals surface area contributed by atoms with E-state index in [2.05, 4.69) is 19.6 Å². The zero-order chi connectivity index (χ0) is 16.7. The van der Waals surface area contributed by atoms with Gasteiger partial charge in [-0.1, -0.05) is 55.7 Å². The third-order valence-electron chi connectivity index (χ3n) is 4.86. The van der Waals surface area contributed by atoms with Crippen LogP contribution >= 0.6 is 11.6 Å². The predicted octanol–water partition coefficient (Wildman–Crippen LogP) is 7.36. The average Bonchev–Trinajstić information content (AvgIpc) is 2.58. The van der Waals surface area contributed by atoms with Crippen LogP contribution in [-0.4, -0.2) is 0 Å². The van der Waals surface area contributed by atoms with Gasteiger partial charge in [0.05, 0.1) is 5.02 Å². The van der Waals surface area contributed by atoms with Gasteiger partial charge in [-0.2, -0.15) is 0 Å². The number of halogens is 2. The predicted molar refractivity (Wildman–Crippen MR) is 99.4 cm³/mol. The van der Waals surface area contributed by atoms with E-state index in [0.717, 1.165) is 62.5 Å². The van der Waals surface area contributed by atoms with Gasteiger partial charge in [0.25, 0.3) is 0 Å². The number of aryl methyl sites for hydroxylation is 1. The fourth-order valence-electron chi connectivity index (χ4n) is 3.34. The highest BCUT2D eigenvalue weighted by atomic mass is 35.5. The third-order valence-corrected chi connectivity index (χ3v) is 5.27. The molecule has 2 rings (SSSR count). The molecule has 1 aliphatic carbocycles. The fourth-order valence-corrected chi connectivity index (χ4v) is 3.60. The lowest BCUT2D eigenvalue weighted by atomic mass is 9.84. The summed E-state index contributed by atoms with van der Waals surface area (Å²) in [5.41, 5.74) is 2.78. The Hall–Kier alpha value is -1.08. The highest BCUT2D eigenvalue weighted by Crippen LogP contribution is 2.36. The molecule has 1 aromatic carbocycles. The van der Waals surface area contributed by atoms with Crippen molar-refractivity contribution in [2.24, 2.45) is 5.92 Å². The molecule has 1 atom stereocenters. The number of unbranched alkanes of at least 4 members (excludes halogenated alkanes) is 2. The van der Waals surface area contributed by atoms with E-state index in [1.165, 1.54) is 6.42 Å². The van der Waals surface area contributed by atoms with Crippen molar-refractivity contribution in [3.05, 3.63) is 52.8 Å². The molecule has 0 N–H and O–H groups in total. The van der Waals surface area contributed by atoms with Crippen LogP contribution in [0.5, 0.6) is 0 Å². The number of hydrogen-bond donors (Lipinski definition) is 0. The van der Waals surface area contributed by atoms with Crippen LogP contribution in [0.15, 0.2) is 30.9 Å². The van der Waals surface area contributed by atoms with E-state index in [1.54, 1.807) is 0 Å². The molecule has 23 heavy (non-hydrogen) atoms. The van der Waals surface area contributed by atoms with E-state index in [0.29, 0.717) is 16.5 Å². The third kappa shape index (κ3) is 4.94. The monoisotopic (exact) mass is 334 g/mol. The quantitative estimate of drug-likeness (QED) is 0.344. The van der Waals surface area contributed by atoms with Crippen molar-refractivity contribution in [2.75, 3.05) is 0 Å². The molecule has 0 spiro atoms. The molecule has 1 aliphatic rings. The van der Waals surface area contributed by atoms with E-state index in [-0.39, 0.29) is 5.82 Å². The summed E-state index contributed by atoms with van der Waals surface area (Å²) in [5, 5.41) is 0.327. The minimum Gasteiger partial charge on any atom is -0.205 e. The van der Waals surface area contributed by atoms with E-state index >= 15 is 0 Å². The van der Waals surface area contributed by atoms with E-state index in [1.807, 2.05) is 18.2 Å². The number of allylic oxidation sites excluding steroid dienone is 3. The summed E-state index contributed by atoms with van der Waals surface area (Å²) in [6, 6.07) is 3.94.